The highest BCUT2D eigenvalue weighted by molar-refractivity contribution is 6.13. The van der Waals surface area contributed by atoms with Gasteiger partial charge in [0.1, 0.15) is 6.04 Å². The first-order valence-corrected chi connectivity index (χ1v) is 6.64. The SMILES string of the molecule is N#CC(CC(F)(F)F)N=C(c1ccccc1)c1ccccc1. The summed E-state index contributed by atoms with van der Waals surface area (Å²) in [6, 6.07) is 17.9. The van der Waals surface area contributed by atoms with Gasteiger partial charge in [-0.3, -0.25) is 4.99 Å². The van der Waals surface area contributed by atoms with Gasteiger partial charge in [0, 0.05) is 11.1 Å². The van der Waals surface area contributed by atoms with Crippen LogP contribution in [0.25, 0.3) is 0 Å². The van der Waals surface area contributed by atoms with Gasteiger partial charge in [-0.1, -0.05) is 60.7 Å². The molecule has 0 amide bonds. The van der Waals surface area contributed by atoms with Crippen LogP contribution in [0.15, 0.2) is 65.7 Å². The summed E-state index contributed by atoms with van der Waals surface area (Å²) in [6.45, 7) is 0. The zero-order chi connectivity index (χ0) is 16.0. The number of alkyl halides is 3. The average molecular weight is 302 g/mol. The molecule has 22 heavy (non-hydrogen) atoms. The van der Waals surface area contributed by atoms with E-state index < -0.39 is 18.6 Å². The molecule has 2 aromatic rings. The lowest BCUT2D eigenvalue weighted by atomic mass is 10.0. The van der Waals surface area contributed by atoms with Gasteiger partial charge in [-0.15, -0.1) is 0 Å². The van der Waals surface area contributed by atoms with Gasteiger partial charge in [0.15, 0.2) is 0 Å². The molecular weight excluding hydrogens is 289 g/mol. The minimum absolute atomic E-state index is 0.386. The van der Waals surface area contributed by atoms with E-state index in [1.807, 2.05) is 12.1 Å². The Morgan fingerprint density at radius 1 is 0.955 bits per heavy atom. The molecule has 0 fully saturated rings. The number of rotatable bonds is 4. The summed E-state index contributed by atoms with van der Waals surface area (Å²) < 4.78 is 37.6. The molecular formula is C17H13F3N2. The molecule has 1 unspecified atom stereocenters. The molecule has 0 heterocycles. The van der Waals surface area contributed by atoms with Crippen molar-refractivity contribution in [3.05, 3.63) is 71.8 Å². The standard InChI is InChI=1S/C17H13F3N2/c18-17(19,20)11-15(12-21)22-16(13-7-3-1-4-8-13)14-9-5-2-6-10-14/h1-10,15H,11H2. The summed E-state index contributed by atoms with van der Waals surface area (Å²) in [5.74, 6) is 0. The highest BCUT2D eigenvalue weighted by atomic mass is 19.4. The van der Waals surface area contributed by atoms with Crippen LogP contribution < -0.4 is 0 Å². The van der Waals surface area contributed by atoms with Crippen LogP contribution in [0, 0.1) is 11.3 Å². The van der Waals surface area contributed by atoms with E-state index in [0.717, 1.165) is 0 Å². The smallest absolute Gasteiger partial charge is 0.265 e. The van der Waals surface area contributed by atoms with Crippen LogP contribution in [0.5, 0.6) is 0 Å². The Balaban J connectivity index is 2.45. The molecule has 0 aliphatic carbocycles. The molecule has 1 atom stereocenters. The molecule has 0 N–H and O–H groups in total. The van der Waals surface area contributed by atoms with E-state index in [2.05, 4.69) is 4.99 Å². The van der Waals surface area contributed by atoms with Gasteiger partial charge in [0.2, 0.25) is 0 Å². The van der Waals surface area contributed by atoms with E-state index in [1.165, 1.54) is 0 Å². The first-order valence-electron chi connectivity index (χ1n) is 6.64. The summed E-state index contributed by atoms with van der Waals surface area (Å²) in [5, 5.41) is 8.97. The zero-order valence-electron chi connectivity index (χ0n) is 11.6. The van der Waals surface area contributed by atoms with Crippen LogP contribution in [-0.2, 0) is 0 Å². The highest BCUT2D eigenvalue weighted by Crippen LogP contribution is 2.24. The Hall–Kier alpha value is -2.61. The monoisotopic (exact) mass is 302 g/mol. The molecule has 0 radical (unpaired) electrons. The lowest BCUT2D eigenvalue weighted by molar-refractivity contribution is -0.135. The third-order valence-corrected chi connectivity index (χ3v) is 2.95. The van der Waals surface area contributed by atoms with Crippen molar-refractivity contribution in [2.24, 2.45) is 4.99 Å². The maximum atomic E-state index is 12.5. The molecule has 5 heteroatoms. The number of nitriles is 1. The van der Waals surface area contributed by atoms with Gasteiger partial charge in [0.25, 0.3) is 0 Å². The van der Waals surface area contributed by atoms with Gasteiger partial charge < -0.3 is 0 Å². The van der Waals surface area contributed by atoms with Crippen LogP contribution in [0.1, 0.15) is 17.5 Å². The molecule has 112 valence electrons. The van der Waals surface area contributed by atoms with E-state index in [4.69, 9.17) is 5.26 Å². The van der Waals surface area contributed by atoms with Gasteiger partial charge in [0.05, 0.1) is 18.2 Å². The topological polar surface area (TPSA) is 36.1 Å². The van der Waals surface area contributed by atoms with Crippen LogP contribution in [0.4, 0.5) is 13.2 Å². The second-order valence-electron chi connectivity index (χ2n) is 4.67. The van der Waals surface area contributed by atoms with Crippen molar-refractivity contribution in [2.45, 2.75) is 18.6 Å². The lowest BCUT2D eigenvalue weighted by Gasteiger charge is -2.12. The molecule has 0 bridgehead atoms. The predicted octanol–water partition coefficient (Wildman–Crippen LogP) is 4.37. The maximum absolute atomic E-state index is 12.5. The van der Waals surface area contributed by atoms with E-state index in [1.54, 1.807) is 54.6 Å². The van der Waals surface area contributed by atoms with Crippen molar-refractivity contribution in [2.75, 3.05) is 0 Å². The van der Waals surface area contributed by atoms with Crippen molar-refractivity contribution < 1.29 is 13.2 Å². The molecule has 0 spiro atoms. The Morgan fingerprint density at radius 2 is 1.41 bits per heavy atom. The molecule has 0 aliphatic rings. The first-order chi connectivity index (χ1) is 10.5. The number of aliphatic imine (C=N–C) groups is 1. The van der Waals surface area contributed by atoms with Crippen LogP contribution >= 0.6 is 0 Å². The lowest BCUT2D eigenvalue weighted by Crippen LogP contribution is -2.19. The Bertz CT molecular complexity index is 629. The Kier molecular flexibility index (Phi) is 4.95. The molecule has 0 aliphatic heterocycles. The molecule has 2 aromatic carbocycles. The fourth-order valence-electron chi connectivity index (χ4n) is 2.00. The maximum Gasteiger partial charge on any atom is 0.392 e. The summed E-state index contributed by atoms with van der Waals surface area (Å²) in [4.78, 5) is 4.06. The minimum atomic E-state index is -4.43. The fourth-order valence-corrected chi connectivity index (χ4v) is 2.00. The molecule has 0 aromatic heterocycles. The van der Waals surface area contributed by atoms with Crippen LogP contribution in [0.2, 0.25) is 0 Å². The number of benzene rings is 2. The summed E-state index contributed by atoms with van der Waals surface area (Å²) in [6.07, 6.45) is -5.69. The number of hydrogen-bond acceptors (Lipinski definition) is 2. The van der Waals surface area contributed by atoms with Gasteiger partial charge >= 0.3 is 6.18 Å². The van der Waals surface area contributed by atoms with Gasteiger partial charge in [-0.05, 0) is 0 Å². The Labute approximate surface area is 126 Å². The molecule has 2 nitrogen and oxygen atoms in total. The van der Waals surface area contributed by atoms with Crippen molar-refractivity contribution in [1.82, 2.24) is 0 Å². The van der Waals surface area contributed by atoms with E-state index >= 15 is 0 Å². The van der Waals surface area contributed by atoms with Crippen molar-refractivity contribution >= 4 is 5.71 Å². The third-order valence-electron chi connectivity index (χ3n) is 2.95. The summed E-state index contributed by atoms with van der Waals surface area (Å²) in [7, 11) is 0. The van der Waals surface area contributed by atoms with Crippen molar-refractivity contribution in [3.63, 3.8) is 0 Å². The van der Waals surface area contributed by atoms with Crippen LogP contribution in [0.3, 0.4) is 0 Å². The second kappa shape index (κ2) is 6.90. The fraction of sp³-hybridized carbons (Fsp3) is 0.176. The van der Waals surface area contributed by atoms with Crippen molar-refractivity contribution in [3.8, 4) is 6.07 Å². The average Bonchev–Trinajstić information content (AvgIpc) is 2.52. The predicted molar refractivity (Wildman–Crippen MR) is 78.6 cm³/mol. The normalized spacial score (nSPS) is 12.3. The van der Waals surface area contributed by atoms with Crippen LogP contribution in [-0.4, -0.2) is 17.9 Å². The third kappa shape index (κ3) is 4.45. The number of hydrogen-bond donors (Lipinski definition) is 0. The molecule has 0 saturated heterocycles. The number of halogens is 3. The number of nitrogens with zero attached hydrogens (tertiary/aromatic N) is 2. The first kappa shape index (κ1) is 15.8. The molecule has 2 rings (SSSR count). The van der Waals surface area contributed by atoms with Gasteiger partial charge in [-0.25, -0.2) is 0 Å². The Morgan fingerprint density at radius 3 is 1.77 bits per heavy atom. The second-order valence-corrected chi connectivity index (χ2v) is 4.67. The summed E-state index contributed by atoms with van der Waals surface area (Å²) in [5.41, 5.74) is 1.74. The quantitative estimate of drug-likeness (QED) is 0.773. The highest BCUT2D eigenvalue weighted by Gasteiger charge is 2.32. The van der Waals surface area contributed by atoms with Gasteiger partial charge in [-0.2, -0.15) is 18.4 Å². The summed E-state index contributed by atoms with van der Waals surface area (Å²) >= 11 is 0. The van der Waals surface area contributed by atoms with E-state index in [-0.39, 0.29) is 0 Å². The largest absolute Gasteiger partial charge is 0.392 e. The van der Waals surface area contributed by atoms with E-state index in [0.29, 0.717) is 16.8 Å². The zero-order valence-corrected chi connectivity index (χ0v) is 11.6. The minimum Gasteiger partial charge on any atom is -0.265 e. The van der Waals surface area contributed by atoms with E-state index in [9.17, 15) is 13.2 Å². The van der Waals surface area contributed by atoms with Crippen molar-refractivity contribution in [1.29, 1.82) is 5.26 Å². The molecule has 0 saturated carbocycles.